The van der Waals surface area contributed by atoms with Crippen molar-refractivity contribution in [3.8, 4) is 0 Å². The molecule has 0 radical (unpaired) electrons. The lowest BCUT2D eigenvalue weighted by atomic mass is 10.1. The number of carbonyl (C=O) groups is 1. The molecule has 0 heterocycles. The fourth-order valence-corrected chi connectivity index (χ4v) is 1.89. The quantitative estimate of drug-likeness (QED) is 0.836. The first kappa shape index (κ1) is 12.7. The third-order valence-corrected chi connectivity index (χ3v) is 3.08. The Morgan fingerprint density at radius 1 is 1.17 bits per heavy atom. The van der Waals surface area contributed by atoms with Crippen molar-refractivity contribution >= 4 is 23.1 Å². The summed E-state index contributed by atoms with van der Waals surface area (Å²) >= 11 is 6.08. The zero-order valence-electron chi connectivity index (χ0n) is 10.1. The van der Waals surface area contributed by atoms with Crippen molar-refractivity contribution in [3.63, 3.8) is 0 Å². The molecule has 0 bridgehead atoms. The topological polar surface area (TPSA) is 29.1 Å². The average molecular weight is 260 g/mol. The van der Waals surface area contributed by atoms with Gasteiger partial charge in [0.25, 0.3) is 0 Å². The summed E-state index contributed by atoms with van der Waals surface area (Å²) in [5.41, 5.74) is 2.66. The van der Waals surface area contributed by atoms with Crippen LogP contribution in [-0.4, -0.2) is 5.78 Å². The molecule has 2 rings (SSSR count). The number of hydrogen-bond acceptors (Lipinski definition) is 2. The molecule has 18 heavy (non-hydrogen) atoms. The van der Waals surface area contributed by atoms with Gasteiger partial charge in [0.2, 0.25) is 0 Å². The molecule has 0 aromatic heterocycles. The Balaban J connectivity index is 2.09. The van der Waals surface area contributed by atoms with E-state index in [1.807, 2.05) is 48.5 Å². The van der Waals surface area contributed by atoms with Crippen molar-refractivity contribution in [1.29, 1.82) is 0 Å². The Hall–Kier alpha value is -1.80. The molecule has 1 N–H and O–H groups in total. The fourth-order valence-electron chi connectivity index (χ4n) is 1.69. The van der Waals surface area contributed by atoms with Gasteiger partial charge >= 0.3 is 0 Å². The van der Waals surface area contributed by atoms with E-state index < -0.39 is 0 Å². The molecule has 0 aliphatic rings. The van der Waals surface area contributed by atoms with E-state index in [4.69, 9.17) is 11.6 Å². The van der Waals surface area contributed by atoms with Crippen LogP contribution in [0, 0.1) is 0 Å². The summed E-state index contributed by atoms with van der Waals surface area (Å²) in [6, 6.07) is 15.2. The third-order valence-electron chi connectivity index (χ3n) is 2.71. The molecule has 0 saturated carbocycles. The molecule has 0 saturated heterocycles. The Morgan fingerprint density at radius 2 is 1.94 bits per heavy atom. The Bertz CT molecular complexity index is 566. The minimum Gasteiger partial charge on any atom is -0.381 e. The maximum atomic E-state index is 11.3. The van der Waals surface area contributed by atoms with Crippen molar-refractivity contribution in [2.75, 3.05) is 5.32 Å². The molecular formula is C15H14ClNO. The molecule has 3 heteroatoms. The molecule has 0 amide bonds. The van der Waals surface area contributed by atoms with Crippen molar-refractivity contribution in [3.05, 3.63) is 64.7 Å². The molecule has 2 nitrogen and oxygen atoms in total. The first-order valence-electron chi connectivity index (χ1n) is 5.75. The van der Waals surface area contributed by atoms with Crippen LogP contribution in [-0.2, 0) is 6.54 Å². The van der Waals surface area contributed by atoms with E-state index in [0.29, 0.717) is 12.1 Å². The molecule has 0 atom stereocenters. The number of halogens is 1. The normalized spacial score (nSPS) is 10.1. The number of benzene rings is 2. The van der Waals surface area contributed by atoms with E-state index in [1.165, 1.54) is 0 Å². The third kappa shape index (κ3) is 3.11. The lowest BCUT2D eigenvalue weighted by Gasteiger charge is -2.08. The van der Waals surface area contributed by atoms with Crippen LogP contribution in [0.1, 0.15) is 22.8 Å². The second-order valence-corrected chi connectivity index (χ2v) is 4.49. The van der Waals surface area contributed by atoms with Crippen LogP contribution in [0.15, 0.2) is 48.5 Å². The first-order valence-corrected chi connectivity index (χ1v) is 6.13. The highest BCUT2D eigenvalue weighted by molar-refractivity contribution is 6.31. The van der Waals surface area contributed by atoms with Crippen LogP contribution in [0.5, 0.6) is 0 Å². The second-order valence-electron chi connectivity index (χ2n) is 4.08. The number of Topliss-reactive ketones (excluding diaryl/α,β-unsaturated/α-hetero) is 1. The number of nitrogens with one attached hydrogen (secondary N) is 1. The van der Waals surface area contributed by atoms with Crippen molar-refractivity contribution in [2.24, 2.45) is 0 Å². The van der Waals surface area contributed by atoms with Crippen LogP contribution in [0.3, 0.4) is 0 Å². The average Bonchev–Trinajstić information content (AvgIpc) is 2.38. The number of anilines is 1. The van der Waals surface area contributed by atoms with Gasteiger partial charge in [0.1, 0.15) is 0 Å². The summed E-state index contributed by atoms with van der Waals surface area (Å²) in [4.78, 5) is 11.3. The maximum Gasteiger partial charge on any atom is 0.159 e. The highest BCUT2D eigenvalue weighted by atomic mass is 35.5. The molecule has 0 spiro atoms. The Morgan fingerprint density at radius 3 is 2.67 bits per heavy atom. The van der Waals surface area contributed by atoms with Crippen LogP contribution in [0.25, 0.3) is 0 Å². The van der Waals surface area contributed by atoms with Crippen molar-refractivity contribution in [2.45, 2.75) is 13.5 Å². The van der Waals surface area contributed by atoms with Gasteiger partial charge in [0.05, 0.1) is 0 Å². The lowest BCUT2D eigenvalue weighted by Crippen LogP contribution is -2.01. The number of ketones is 1. The van der Waals surface area contributed by atoms with Gasteiger partial charge in [-0.05, 0) is 30.7 Å². The van der Waals surface area contributed by atoms with Gasteiger partial charge in [-0.25, -0.2) is 0 Å². The largest absolute Gasteiger partial charge is 0.381 e. The van der Waals surface area contributed by atoms with Crippen LogP contribution < -0.4 is 5.32 Å². The number of hydrogen-bond donors (Lipinski definition) is 1. The molecule has 92 valence electrons. The van der Waals surface area contributed by atoms with Gasteiger partial charge in [-0.3, -0.25) is 4.79 Å². The standard InChI is InChI=1S/C15H14ClNO/c1-11(18)12-6-4-7-14(9-12)17-10-13-5-2-3-8-15(13)16/h2-9,17H,10H2,1H3. The fraction of sp³-hybridized carbons (Fsp3) is 0.133. The van der Waals surface area contributed by atoms with Gasteiger partial charge in [0.15, 0.2) is 5.78 Å². The Labute approximate surface area is 112 Å². The van der Waals surface area contributed by atoms with E-state index >= 15 is 0 Å². The monoisotopic (exact) mass is 259 g/mol. The minimum atomic E-state index is 0.0661. The van der Waals surface area contributed by atoms with Gasteiger partial charge in [-0.15, -0.1) is 0 Å². The van der Waals surface area contributed by atoms with E-state index in [0.717, 1.165) is 16.3 Å². The molecule has 0 unspecified atom stereocenters. The van der Waals surface area contributed by atoms with Gasteiger partial charge < -0.3 is 5.32 Å². The van der Waals surface area contributed by atoms with Crippen molar-refractivity contribution < 1.29 is 4.79 Å². The number of carbonyl (C=O) groups excluding carboxylic acids is 1. The summed E-state index contributed by atoms with van der Waals surface area (Å²) in [5.74, 6) is 0.0661. The van der Waals surface area contributed by atoms with Crippen LogP contribution in [0.2, 0.25) is 5.02 Å². The second kappa shape index (κ2) is 5.69. The highest BCUT2D eigenvalue weighted by Crippen LogP contribution is 2.17. The van der Waals surface area contributed by atoms with E-state index in [2.05, 4.69) is 5.32 Å². The predicted molar refractivity (Wildman–Crippen MR) is 75.2 cm³/mol. The van der Waals surface area contributed by atoms with E-state index in [-0.39, 0.29) is 5.78 Å². The Kier molecular flexibility index (Phi) is 4.00. The van der Waals surface area contributed by atoms with Gasteiger partial charge in [0, 0.05) is 22.8 Å². The zero-order chi connectivity index (χ0) is 13.0. The molecule has 0 fully saturated rings. The molecule has 2 aromatic rings. The SMILES string of the molecule is CC(=O)c1cccc(NCc2ccccc2Cl)c1. The molecule has 0 aliphatic heterocycles. The summed E-state index contributed by atoms with van der Waals surface area (Å²) in [6.45, 7) is 2.20. The summed E-state index contributed by atoms with van der Waals surface area (Å²) < 4.78 is 0. The predicted octanol–water partition coefficient (Wildman–Crippen LogP) is 4.15. The smallest absolute Gasteiger partial charge is 0.159 e. The van der Waals surface area contributed by atoms with E-state index in [9.17, 15) is 4.79 Å². The minimum absolute atomic E-state index is 0.0661. The van der Waals surface area contributed by atoms with Gasteiger partial charge in [-0.2, -0.15) is 0 Å². The highest BCUT2D eigenvalue weighted by Gasteiger charge is 2.01. The summed E-state index contributed by atoms with van der Waals surface area (Å²) in [7, 11) is 0. The maximum absolute atomic E-state index is 11.3. The summed E-state index contributed by atoms with van der Waals surface area (Å²) in [6.07, 6.45) is 0. The van der Waals surface area contributed by atoms with Crippen molar-refractivity contribution in [1.82, 2.24) is 0 Å². The van der Waals surface area contributed by atoms with Gasteiger partial charge in [-0.1, -0.05) is 41.9 Å². The molecule has 0 aliphatic carbocycles. The van der Waals surface area contributed by atoms with Crippen LogP contribution in [0.4, 0.5) is 5.69 Å². The zero-order valence-corrected chi connectivity index (χ0v) is 10.9. The first-order chi connectivity index (χ1) is 8.66. The van der Waals surface area contributed by atoms with E-state index in [1.54, 1.807) is 6.92 Å². The summed E-state index contributed by atoms with van der Waals surface area (Å²) in [5, 5.41) is 4.00. The lowest BCUT2D eigenvalue weighted by molar-refractivity contribution is 0.101. The molecular weight excluding hydrogens is 246 g/mol. The number of rotatable bonds is 4. The molecule has 2 aromatic carbocycles. The van der Waals surface area contributed by atoms with Crippen LogP contribution >= 0.6 is 11.6 Å².